The van der Waals surface area contributed by atoms with E-state index in [4.69, 9.17) is 23.2 Å². The fraction of sp³-hybridized carbons (Fsp3) is 0.389. The number of nitro groups is 1. The third-order valence-corrected chi connectivity index (χ3v) is 6.39. The summed E-state index contributed by atoms with van der Waals surface area (Å²) in [4.78, 5) is 50.3. The van der Waals surface area contributed by atoms with Crippen molar-refractivity contribution < 1.29 is 19.3 Å². The van der Waals surface area contributed by atoms with Crippen molar-refractivity contribution in [3.63, 3.8) is 0 Å². The Labute approximate surface area is 180 Å². The van der Waals surface area contributed by atoms with Gasteiger partial charge in [-0.15, -0.1) is 0 Å². The molecule has 0 aliphatic carbocycles. The number of thioether (sulfide) groups is 1. The first-order valence-electron chi connectivity index (χ1n) is 8.84. The summed E-state index contributed by atoms with van der Waals surface area (Å²) in [6.07, 6.45) is 3.08. The van der Waals surface area contributed by atoms with E-state index in [1.165, 1.54) is 12.1 Å². The number of likely N-dealkylation sites (tertiary alicyclic amines) is 1. The maximum atomic E-state index is 12.6. The lowest BCUT2D eigenvalue weighted by Gasteiger charge is -2.31. The summed E-state index contributed by atoms with van der Waals surface area (Å²) >= 11 is 12.5. The van der Waals surface area contributed by atoms with Crippen LogP contribution in [-0.4, -0.2) is 51.4 Å². The molecule has 3 amide bonds. The van der Waals surface area contributed by atoms with Crippen LogP contribution in [0.25, 0.3) is 6.08 Å². The largest absolute Gasteiger partial charge is 0.341 e. The number of hydrogen-bond acceptors (Lipinski definition) is 6. The lowest BCUT2D eigenvalue weighted by molar-refractivity contribution is -0.384. The van der Waals surface area contributed by atoms with Crippen molar-refractivity contribution in [1.29, 1.82) is 0 Å². The summed E-state index contributed by atoms with van der Waals surface area (Å²) < 4.78 is 0. The van der Waals surface area contributed by atoms with E-state index in [0.29, 0.717) is 30.8 Å². The molecule has 0 spiro atoms. The number of nitro benzene ring substituents is 1. The average Bonchev–Trinajstić information content (AvgIpc) is 2.91. The van der Waals surface area contributed by atoms with Gasteiger partial charge in [0, 0.05) is 29.7 Å². The van der Waals surface area contributed by atoms with Crippen molar-refractivity contribution in [2.24, 2.45) is 5.92 Å². The van der Waals surface area contributed by atoms with Crippen molar-refractivity contribution in [3.05, 3.63) is 42.8 Å². The Hall–Kier alpha value is -2.10. The molecule has 3 rings (SSSR count). The van der Waals surface area contributed by atoms with Crippen LogP contribution in [0.3, 0.4) is 0 Å². The van der Waals surface area contributed by atoms with Crippen LogP contribution >= 0.6 is 35.0 Å². The molecule has 0 saturated carbocycles. The van der Waals surface area contributed by atoms with E-state index >= 15 is 0 Å². The molecule has 0 N–H and O–H groups in total. The molecule has 0 unspecified atom stereocenters. The highest BCUT2D eigenvalue weighted by molar-refractivity contribution is 8.18. The Balaban J connectivity index is 1.77. The Bertz CT molecular complexity index is 928. The normalized spacial score (nSPS) is 19.3. The number of carbonyl (C=O) groups is 3. The standard InChI is InChI=1S/C18H17Cl2N3O5S/c1-10-2-4-21(5-3-10)16(24)9-22-17(25)15(29-18(22)26)7-11-6-14(23(27)28)13(20)8-12(11)19/h6-8,10H,2-5,9H2,1H3/b15-7-. The lowest BCUT2D eigenvalue weighted by Crippen LogP contribution is -2.45. The van der Waals surface area contributed by atoms with Crippen LogP contribution in [0.5, 0.6) is 0 Å². The maximum absolute atomic E-state index is 12.6. The quantitative estimate of drug-likeness (QED) is 0.381. The smallest absolute Gasteiger partial charge is 0.294 e. The van der Waals surface area contributed by atoms with Gasteiger partial charge >= 0.3 is 0 Å². The molecule has 1 aromatic rings. The van der Waals surface area contributed by atoms with E-state index in [1.54, 1.807) is 4.90 Å². The highest BCUT2D eigenvalue weighted by Gasteiger charge is 2.37. The van der Waals surface area contributed by atoms with Crippen LogP contribution in [0.15, 0.2) is 17.0 Å². The third kappa shape index (κ3) is 4.73. The molecular formula is C18H17Cl2N3O5S. The minimum absolute atomic E-state index is 0.0357. The lowest BCUT2D eigenvalue weighted by atomic mass is 9.99. The van der Waals surface area contributed by atoms with Crippen LogP contribution in [0.1, 0.15) is 25.3 Å². The molecule has 0 aromatic heterocycles. The number of benzene rings is 1. The molecule has 8 nitrogen and oxygen atoms in total. The van der Waals surface area contributed by atoms with Gasteiger partial charge in [0.2, 0.25) is 5.91 Å². The number of imide groups is 1. The molecule has 154 valence electrons. The fourth-order valence-electron chi connectivity index (χ4n) is 3.08. The van der Waals surface area contributed by atoms with Gasteiger partial charge in [0.05, 0.1) is 9.83 Å². The zero-order valence-electron chi connectivity index (χ0n) is 15.4. The second kappa shape index (κ2) is 8.73. The molecule has 2 fully saturated rings. The summed E-state index contributed by atoms with van der Waals surface area (Å²) in [7, 11) is 0. The molecule has 2 aliphatic rings. The predicted octanol–water partition coefficient (Wildman–Crippen LogP) is 4.20. The SMILES string of the molecule is CC1CCN(C(=O)CN2C(=O)S/C(=C\c3cc([N+](=O)[O-])c(Cl)cc3Cl)C2=O)CC1. The Morgan fingerprint density at radius 2 is 1.93 bits per heavy atom. The van der Waals surface area contributed by atoms with Crippen LogP contribution in [0.4, 0.5) is 10.5 Å². The average molecular weight is 458 g/mol. The summed E-state index contributed by atoms with van der Waals surface area (Å²) in [5, 5.41) is 10.5. The van der Waals surface area contributed by atoms with Crippen molar-refractivity contribution in [2.75, 3.05) is 19.6 Å². The minimum atomic E-state index is -0.667. The molecule has 1 aromatic carbocycles. The Morgan fingerprint density at radius 1 is 1.28 bits per heavy atom. The van der Waals surface area contributed by atoms with Gasteiger partial charge < -0.3 is 4.90 Å². The van der Waals surface area contributed by atoms with E-state index < -0.39 is 16.1 Å². The van der Waals surface area contributed by atoms with Crippen molar-refractivity contribution in [2.45, 2.75) is 19.8 Å². The first kappa shape index (κ1) is 21.6. The number of piperidine rings is 1. The molecule has 29 heavy (non-hydrogen) atoms. The molecule has 0 bridgehead atoms. The van der Waals surface area contributed by atoms with E-state index in [0.717, 1.165) is 23.8 Å². The molecule has 2 saturated heterocycles. The molecule has 0 radical (unpaired) electrons. The number of halogens is 2. The van der Waals surface area contributed by atoms with Crippen molar-refractivity contribution in [1.82, 2.24) is 9.80 Å². The Morgan fingerprint density at radius 3 is 2.55 bits per heavy atom. The van der Waals surface area contributed by atoms with Gasteiger partial charge in [-0.3, -0.25) is 29.4 Å². The Kier molecular flexibility index (Phi) is 6.50. The van der Waals surface area contributed by atoms with E-state index in [1.807, 2.05) is 0 Å². The second-order valence-corrected chi connectivity index (χ2v) is 8.72. The topological polar surface area (TPSA) is 101 Å². The zero-order valence-corrected chi connectivity index (χ0v) is 17.7. The van der Waals surface area contributed by atoms with E-state index in [-0.39, 0.29) is 38.7 Å². The number of hydrogen-bond donors (Lipinski definition) is 0. The van der Waals surface area contributed by atoms with Crippen LogP contribution < -0.4 is 0 Å². The highest BCUT2D eigenvalue weighted by atomic mass is 35.5. The summed E-state index contributed by atoms with van der Waals surface area (Å²) in [5.41, 5.74) is -0.180. The van der Waals surface area contributed by atoms with Gasteiger partial charge in [0.1, 0.15) is 11.6 Å². The maximum Gasteiger partial charge on any atom is 0.294 e. The molecule has 2 heterocycles. The summed E-state index contributed by atoms with van der Waals surface area (Å²) in [6.45, 7) is 3.01. The number of carbonyl (C=O) groups excluding carboxylic acids is 3. The van der Waals surface area contributed by atoms with Gasteiger partial charge in [-0.05, 0) is 42.7 Å². The van der Waals surface area contributed by atoms with Crippen molar-refractivity contribution in [3.8, 4) is 0 Å². The number of nitrogens with zero attached hydrogens (tertiary/aromatic N) is 3. The van der Waals surface area contributed by atoms with Crippen molar-refractivity contribution >= 4 is 63.8 Å². The third-order valence-electron chi connectivity index (χ3n) is 4.85. The molecular weight excluding hydrogens is 441 g/mol. The molecule has 2 aliphatic heterocycles. The second-order valence-electron chi connectivity index (χ2n) is 6.91. The van der Waals surface area contributed by atoms with Gasteiger partial charge in [-0.25, -0.2) is 0 Å². The van der Waals surface area contributed by atoms with Crippen LogP contribution in [0.2, 0.25) is 10.0 Å². The van der Waals surface area contributed by atoms with Gasteiger partial charge in [0.25, 0.3) is 16.8 Å². The first-order chi connectivity index (χ1) is 13.7. The van der Waals surface area contributed by atoms with Crippen LogP contribution in [0, 0.1) is 16.0 Å². The van der Waals surface area contributed by atoms with Gasteiger partial charge in [-0.1, -0.05) is 30.1 Å². The molecule has 0 atom stereocenters. The van der Waals surface area contributed by atoms with Crippen LogP contribution in [-0.2, 0) is 9.59 Å². The predicted molar refractivity (Wildman–Crippen MR) is 111 cm³/mol. The minimum Gasteiger partial charge on any atom is -0.341 e. The number of amides is 3. The van der Waals surface area contributed by atoms with Gasteiger partial charge in [-0.2, -0.15) is 0 Å². The number of rotatable bonds is 4. The molecule has 11 heteroatoms. The highest BCUT2D eigenvalue weighted by Crippen LogP contribution is 2.36. The monoisotopic (exact) mass is 457 g/mol. The first-order valence-corrected chi connectivity index (χ1v) is 10.4. The van der Waals surface area contributed by atoms with E-state index in [9.17, 15) is 24.5 Å². The zero-order chi connectivity index (χ0) is 21.3. The fourth-order valence-corrected chi connectivity index (χ4v) is 4.41. The van der Waals surface area contributed by atoms with Gasteiger partial charge in [0.15, 0.2) is 0 Å². The summed E-state index contributed by atoms with van der Waals surface area (Å²) in [5.74, 6) is -0.361. The van der Waals surface area contributed by atoms with E-state index in [2.05, 4.69) is 6.92 Å². The summed E-state index contributed by atoms with van der Waals surface area (Å²) in [6, 6.07) is 2.34.